The normalized spacial score (nSPS) is 11.8. The summed E-state index contributed by atoms with van der Waals surface area (Å²) in [5.41, 5.74) is 0. The third-order valence-electron chi connectivity index (χ3n) is 2.01. The van der Waals surface area contributed by atoms with E-state index in [1.165, 1.54) is 0 Å². The highest BCUT2D eigenvalue weighted by molar-refractivity contribution is 9.10. The second kappa shape index (κ2) is 5.69. The van der Waals surface area contributed by atoms with E-state index < -0.39 is 8.07 Å². The molecule has 0 amide bonds. The number of nitrogens with zero attached hydrogens (tertiary/aromatic N) is 3. The number of rotatable bonds is 6. The second-order valence-corrected chi connectivity index (χ2v) is 11.3. The Labute approximate surface area is 104 Å². The van der Waals surface area contributed by atoms with Crippen molar-refractivity contribution in [1.29, 1.82) is 0 Å². The minimum Gasteiger partial charge on any atom is -0.360 e. The van der Waals surface area contributed by atoms with E-state index in [2.05, 4.69) is 45.8 Å². The lowest BCUT2D eigenvalue weighted by atomic mass is 10.7. The van der Waals surface area contributed by atoms with Crippen LogP contribution in [0, 0.1) is 4.91 Å². The zero-order valence-electron chi connectivity index (χ0n) is 9.73. The van der Waals surface area contributed by atoms with Crippen molar-refractivity contribution in [1.82, 2.24) is 9.78 Å². The van der Waals surface area contributed by atoms with Gasteiger partial charge < -0.3 is 4.74 Å². The maximum atomic E-state index is 10.3. The molecule has 0 unspecified atom stereocenters. The van der Waals surface area contributed by atoms with Crippen LogP contribution in [0.5, 0.6) is 0 Å². The molecule has 1 heterocycles. The summed E-state index contributed by atoms with van der Waals surface area (Å²) in [7, 11) is -1.04. The molecule has 1 rings (SSSR count). The van der Waals surface area contributed by atoms with Gasteiger partial charge in [-0.1, -0.05) is 19.6 Å². The van der Waals surface area contributed by atoms with Crippen LogP contribution in [0.4, 0.5) is 5.82 Å². The van der Waals surface area contributed by atoms with Crippen LogP contribution in [-0.2, 0) is 11.5 Å². The number of ether oxygens (including phenoxy) is 1. The van der Waals surface area contributed by atoms with Gasteiger partial charge in [0.25, 0.3) is 0 Å². The van der Waals surface area contributed by atoms with Crippen molar-refractivity contribution in [2.24, 2.45) is 5.18 Å². The molecule has 0 radical (unpaired) electrons. The largest absolute Gasteiger partial charge is 0.360 e. The van der Waals surface area contributed by atoms with Crippen molar-refractivity contribution in [3.63, 3.8) is 0 Å². The number of nitroso groups, excluding NO2 is 1. The van der Waals surface area contributed by atoms with E-state index >= 15 is 0 Å². The minimum absolute atomic E-state index is 0.161. The van der Waals surface area contributed by atoms with Gasteiger partial charge in [0.1, 0.15) is 6.73 Å². The van der Waals surface area contributed by atoms with Gasteiger partial charge in [-0.25, -0.2) is 4.68 Å². The fraction of sp³-hybridized carbons (Fsp3) is 0.667. The first-order valence-corrected chi connectivity index (χ1v) is 9.56. The van der Waals surface area contributed by atoms with Crippen molar-refractivity contribution < 1.29 is 4.74 Å². The van der Waals surface area contributed by atoms with E-state index in [4.69, 9.17) is 4.74 Å². The average Bonchev–Trinajstić information content (AvgIpc) is 2.52. The molecular weight excluding hydrogens is 290 g/mol. The lowest BCUT2D eigenvalue weighted by Gasteiger charge is -2.15. The summed E-state index contributed by atoms with van der Waals surface area (Å²) in [5.74, 6) is 0.161. The Morgan fingerprint density at radius 2 is 2.25 bits per heavy atom. The zero-order valence-corrected chi connectivity index (χ0v) is 12.3. The molecule has 5 nitrogen and oxygen atoms in total. The maximum absolute atomic E-state index is 10.3. The molecule has 0 N–H and O–H groups in total. The summed E-state index contributed by atoms with van der Waals surface area (Å²) in [6, 6.07) is 1.12. The van der Waals surface area contributed by atoms with Gasteiger partial charge in [0.2, 0.25) is 5.82 Å². The van der Waals surface area contributed by atoms with Crippen molar-refractivity contribution in [3.8, 4) is 0 Å². The fourth-order valence-corrected chi connectivity index (χ4v) is 2.20. The number of hydrogen-bond donors (Lipinski definition) is 0. The SMILES string of the molecule is C[Si](C)(C)CCOCn1cc(Br)c(N=O)n1. The third-order valence-corrected chi connectivity index (χ3v) is 4.27. The average molecular weight is 306 g/mol. The highest BCUT2D eigenvalue weighted by atomic mass is 79.9. The molecule has 0 bridgehead atoms. The first-order chi connectivity index (χ1) is 7.42. The van der Waals surface area contributed by atoms with Gasteiger partial charge in [0.05, 0.1) is 4.47 Å². The van der Waals surface area contributed by atoms with Gasteiger partial charge in [-0.2, -0.15) is 0 Å². The van der Waals surface area contributed by atoms with Crippen molar-refractivity contribution in [3.05, 3.63) is 15.6 Å². The van der Waals surface area contributed by atoms with Crippen LogP contribution in [0.3, 0.4) is 0 Å². The van der Waals surface area contributed by atoms with Crippen LogP contribution in [0.2, 0.25) is 25.7 Å². The van der Waals surface area contributed by atoms with Gasteiger partial charge >= 0.3 is 0 Å². The third kappa shape index (κ3) is 4.54. The molecule has 0 saturated heterocycles. The molecule has 0 spiro atoms. The van der Waals surface area contributed by atoms with Gasteiger partial charge in [0.15, 0.2) is 0 Å². The minimum atomic E-state index is -1.04. The molecule has 7 heteroatoms. The summed E-state index contributed by atoms with van der Waals surface area (Å²) < 4.78 is 7.63. The van der Waals surface area contributed by atoms with Crippen LogP contribution >= 0.6 is 15.9 Å². The van der Waals surface area contributed by atoms with Gasteiger partial charge in [0, 0.05) is 20.9 Å². The summed E-state index contributed by atoms with van der Waals surface area (Å²) in [6.45, 7) is 8.00. The number of aromatic nitrogens is 2. The molecule has 0 saturated carbocycles. The van der Waals surface area contributed by atoms with Gasteiger partial charge in [-0.3, -0.25) is 0 Å². The lowest BCUT2D eigenvalue weighted by molar-refractivity contribution is 0.0787. The molecule has 90 valence electrons. The van der Waals surface area contributed by atoms with Crippen LogP contribution in [-0.4, -0.2) is 24.5 Å². The standard InChI is InChI=1S/C9H16BrN3O2Si/c1-16(2,3)5-4-15-7-13-6-8(10)9(11-13)12-14/h6H,4-5,7H2,1-3H3. The van der Waals surface area contributed by atoms with Crippen LogP contribution in [0.25, 0.3) is 0 Å². The lowest BCUT2D eigenvalue weighted by Crippen LogP contribution is -2.22. The van der Waals surface area contributed by atoms with E-state index in [0.717, 1.165) is 12.7 Å². The molecule has 0 aliphatic heterocycles. The summed E-state index contributed by atoms with van der Waals surface area (Å²) in [6.07, 6.45) is 1.69. The predicted molar refractivity (Wildman–Crippen MR) is 69.5 cm³/mol. The molecular formula is C9H16BrN3O2Si. The van der Waals surface area contributed by atoms with Crippen molar-refractivity contribution in [2.75, 3.05) is 6.61 Å². The summed E-state index contributed by atoms with van der Waals surface area (Å²) in [4.78, 5) is 10.3. The van der Waals surface area contributed by atoms with Crippen molar-refractivity contribution in [2.45, 2.75) is 32.4 Å². The highest BCUT2D eigenvalue weighted by Crippen LogP contribution is 2.22. The Bertz CT molecular complexity index is 362. The Morgan fingerprint density at radius 1 is 1.56 bits per heavy atom. The van der Waals surface area contributed by atoms with Crippen LogP contribution in [0.15, 0.2) is 15.8 Å². The Balaban J connectivity index is 2.35. The molecule has 16 heavy (non-hydrogen) atoms. The Kier molecular flexibility index (Phi) is 4.82. The van der Waals surface area contributed by atoms with E-state index in [9.17, 15) is 4.91 Å². The van der Waals surface area contributed by atoms with Crippen LogP contribution in [0.1, 0.15) is 0 Å². The molecule has 0 aliphatic carbocycles. The summed E-state index contributed by atoms with van der Waals surface area (Å²) in [5, 5.41) is 6.72. The monoisotopic (exact) mass is 305 g/mol. The van der Waals surface area contributed by atoms with E-state index in [0.29, 0.717) is 11.2 Å². The molecule has 1 aromatic heterocycles. The molecule has 0 atom stereocenters. The highest BCUT2D eigenvalue weighted by Gasteiger charge is 2.12. The quantitative estimate of drug-likeness (QED) is 0.460. The smallest absolute Gasteiger partial charge is 0.231 e. The second-order valence-electron chi connectivity index (χ2n) is 4.78. The maximum Gasteiger partial charge on any atom is 0.231 e. The number of halogens is 1. The van der Waals surface area contributed by atoms with Crippen LogP contribution < -0.4 is 0 Å². The molecule has 0 aromatic carbocycles. The molecule has 0 aliphatic rings. The Hall–Kier alpha value is -0.533. The van der Waals surface area contributed by atoms with Crippen molar-refractivity contribution >= 4 is 29.8 Å². The topological polar surface area (TPSA) is 56.5 Å². The molecule has 1 aromatic rings. The molecule has 0 fully saturated rings. The van der Waals surface area contributed by atoms with E-state index in [-0.39, 0.29) is 5.82 Å². The first kappa shape index (κ1) is 13.5. The van der Waals surface area contributed by atoms with Gasteiger partial charge in [-0.15, -0.1) is 10.0 Å². The summed E-state index contributed by atoms with van der Waals surface area (Å²) >= 11 is 3.19. The predicted octanol–water partition coefficient (Wildman–Crippen LogP) is 3.36. The zero-order chi connectivity index (χ0) is 12.2. The van der Waals surface area contributed by atoms with E-state index in [1.54, 1.807) is 10.9 Å². The first-order valence-electron chi connectivity index (χ1n) is 5.06. The Morgan fingerprint density at radius 3 is 2.75 bits per heavy atom. The fourth-order valence-electron chi connectivity index (χ4n) is 1.05. The number of hydrogen-bond acceptors (Lipinski definition) is 4. The van der Waals surface area contributed by atoms with E-state index in [1.807, 2.05) is 0 Å². The van der Waals surface area contributed by atoms with Gasteiger partial charge in [-0.05, 0) is 27.2 Å².